The second-order valence-electron chi connectivity index (χ2n) is 5.86. The Bertz CT molecular complexity index is 474. The minimum absolute atomic E-state index is 0.208. The molecule has 1 fully saturated rings. The lowest BCUT2D eigenvalue weighted by molar-refractivity contribution is 0.00578. The molecule has 20 heavy (non-hydrogen) atoms. The normalized spacial score (nSPS) is 20.2. The SMILES string of the molecule is COCOc1cc(Br)cc(B2OC(C)(C)C(C)(C)O2)c1. The molecule has 0 bridgehead atoms. The second-order valence-corrected chi connectivity index (χ2v) is 6.78. The Morgan fingerprint density at radius 3 is 2.25 bits per heavy atom. The molecule has 0 saturated carbocycles. The summed E-state index contributed by atoms with van der Waals surface area (Å²) in [7, 11) is 1.19. The highest BCUT2D eigenvalue weighted by atomic mass is 79.9. The molecule has 6 heteroatoms. The van der Waals surface area contributed by atoms with E-state index in [-0.39, 0.29) is 18.0 Å². The van der Waals surface area contributed by atoms with Gasteiger partial charge in [0.2, 0.25) is 0 Å². The van der Waals surface area contributed by atoms with Crippen molar-refractivity contribution in [2.75, 3.05) is 13.9 Å². The van der Waals surface area contributed by atoms with Gasteiger partial charge in [0.05, 0.1) is 11.2 Å². The van der Waals surface area contributed by atoms with Gasteiger partial charge in [0, 0.05) is 11.6 Å². The first-order chi connectivity index (χ1) is 9.25. The van der Waals surface area contributed by atoms with E-state index in [2.05, 4.69) is 15.9 Å². The van der Waals surface area contributed by atoms with E-state index in [1.165, 1.54) is 0 Å². The minimum atomic E-state index is -0.401. The first-order valence-corrected chi connectivity index (χ1v) is 7.32. The van der Waals surface area contributed by atoms with Gasteiger partial charge in [-0.3, -0.25) is 0 Å². The third-order valence-corrected chi connectivity index (χ3v) is 4.22. The van der Waals surface area contributed by atoms with Crippen molar-refractivity contribution in [2.45, 2.75) is 38.9 Å². The van der Waals surface area contributed by atoms with Crippen LogP contribution in [0.5, 0.6) is 5.75 Å². The molecule has 110 valence electrons. The summed E-state index contributed by atoms with van der Waals surface area (Å²) in [4.78, 5) is 0. The summed E-state index contributed by atoms with van der Waals surface area (Å²) in [5, 5.41) is 0. The predicted molar refractivity (Wildman–Crippen MR) is 82.4 cm³/mol. The molecule has 2 rings (SSSR count). The standard InChI is InChI=1S/C14H20BBrO4/c1-13(2)14(3,4)20-15(19-13)10-6-11(16)8-12(7-10)18-9-17-5/h6-8H,9H2,1-5H3. The van der Waals surface area contributed by atoms with Crippen molar-refractivity contribution in [1.82, 2.24) is 0 Å². The van der Waals surface area contributed by atoms with Crippen molar-refractivity contribution in [2.24, 2.45) is 0 Å². The second kappa shape index (κ2) is 5.68. The van der Waals surface area contributed by atoms with Crippen molar-refractivity contribution in [3.05, 3.63) is 22.7 Å². The highest BCUT2D eigenvalue weighted by Crippen LogP contribution is 2.36. The van der Waals surface area contributed by atoms with Crippen LogP contribution in [0.15, 0.2) is 22.7 Å². The molecule has 1 saturated heterocycles. The predicted octanol–water partition coefficient (Wildman–Crippen LogP) is 2.73. The molecular formula is C14H20BBrO4. The topological polar surface area (TPSA) is 36.9 Å². The number of hydrogen-bond acceptors (Lipinski definition) is 4. The Morgan fingerprint density at radius 2 is 1.70 bits per heavy atom. The molecule has 0 atom stereocenters. The van der Waals surface area contributed by atoms with Crippen LogP contribution in [0.2, 0.25) is 0 Å². The molecule has 0 N–H and O–H groups in total. The van der Waals surface area contributed by atoms with Crippen LogP contribution >= 0.6 is 15.9 Å². The van der Waals surface area contributed by atoms with Gasteiger partial charge in [0.1, 0.15) is 5.75 Å². The van der Waals surface area contributed by atoms with E-state index in [4.69, 9.17) is 18.8 Å². The number of methoxy groups -OCH3 is 1. The molecule has 1 aliphatic rings. The summed E-state index contributed by atoms with van der Waals surface area (Å²) in [6.07, 6.45) is 0. The molecule has 0 unspecified atom stereocenters. The smallest absolute Gasteiger partial charge is 0.468 e. The molecule has 1 aromatic rings. The van der Waals surface area contributed by atoms with Gasteiger partial charge >= 0.3 is 7.12 Å². The van der Waals surface area contributed by atoms with Gasteiger partial charge in [0.25, 0.3) is 0 Å². The van der Waals surface area contributed by atoms with Crippen molar-refractivity contribution >= 4 is 28.5 Å². The lowest BCUT2D eigenvalue weighted by Gasteiger charge is -2.32. The summed E-state index contributed by atoms with van der Waals surface area (Å²) in [5.74, 6) is 0.714. The summed E-state index contributed by atoms with van der Waals surface area (Å²) >= 11 is 3.48. The zero-order chi connectivity index (χ0) is 15.0. The van der Waals surface area contributed by atoms with Crippen molar-refractivity contribution in [1.29, 1.82) is 0 Å². The molecule has 0 amide bonds. The maximum atomic E-state index is 6.03. The van der Waals surface area contributed by atoms with E-state index in [0.29, 0.717) is 5.75 Å². The van der Waals surface area contributed by atoms with Gasteiger partial charge < -0.3 is 18.8 Å². The summed E-state index contributed by atoms with van der Waals surface area (Å²) < 4.78 is 23.4. The number of ether oxygens (including phenoxy) is 2. The number of rotatable bonds is 4. The zero-order valence-corrected chi connectivity index (χ0v) is 14.1. The minimum Gasteiger partial charge on any atom is -0.468 e. The Morgan fingerprint density at radius 1 is 1.10 bits per heavy atom. The molecule has 0 aromatic heterocycles. The van der Waals surface area contributed by atoms with Crippen molar-refractivity contribution in [3.63, 3.8) is 0 Å². The van der Waals surface area contributed by atoms with Crippen LogP contribution < -0.4 is 10.2 Å². The van der Waals surface area contributed by atoms with Gasteiger partial charge in [-0.2, -0.15) is 0 Å². The van der Waals surface area contributed by atoms with Crippen LogP contribution in [0, 0.1) is 0 Å². The summed E-state index contributed by atoms with van der Waals surface area (Å²) in [5.41, 5.74) is 0.213. The molecule has 1 aromatic carbocycles. The fraction of sp³-hybridized carbons (Fsp3) is 0.571. The lowest BCUT2D eigenvalue weighted by atomic mass is 9.79. The number of benzene rings is 1. The van der Waals surface area contributed by atoms with Gasteiger partial charge in [0.15, 0.2) is 6.79 Å². The maximum absolute atomic E-state index is 6.03. The molecule has 4 nitrogen and oxygen atoms in total. The van der Waals surface area contributed by atoms with Crippen molar-refractivity contribution in [3.8, 4) is 5.75 Å². The van der Waals surface area contributed by atoms with Crippen LogP contribution in [0.25, 0.3) is 0 Å². The van der Waals surface area contributed by atoms with E-state index < -0.39 is 7.12 Å². The van der Waals surface area contributed by atoms with Gasteiger partial charge in [-0.15, -0.1) is 0 Å². The van der Waals surface area contributed by atoms with E-state index in [1.54, 1.807) is 7.11 Å². The van der Waals surface area contributed by atoms with E-state index in [9.17, 15) is 0 Å². The van der Waals surface area contributed by atoms with Gasteiger partial charge in [-0.25, -0.2) is 0 Å². The van der Waals surface area contributed by atoms with Crippen LogP contribution in [-0.4, -0.2) is 32.2 Å². The first kappa shape index (κ1) is 15.8. The van der Waals surface area contributed by atoms with Crippen LogP contribution in [0.4, 0.5) is 0 Å². The highest BCUT2D eigenvalue weighted by Gasteiger charge is 2.51. The molecule has 1 aliphatic heterocycles. The third-order valence-electron chi connectivity index (χ3n) is 3.76. The van der Waals surface area contributed by atoms with Crippen LogP contribution in [0.3, 0.4) is 0 Å². The fourth-order valence-corrected chi connectivity index (χ4v) is 2.40. The number of hydrogen-bond donors (Lipinski definition) is 0. The van der Waals surface area contributed by atoms with Crippen molar-refractivity contribution < 1.29 is 18.8 Å². The highest BCUT2D eigenvalue weighted by molar-refractivity contribution is 9.10. The Kier molecular flexibility index (Phi) is 4.49. The monoisotopic (exact) mass is 342 g/mol. The van der Waals surface area contributed by atoms with Crippen LogP contribution in [-0.2, 0) is 14.0 Å². The summed E-state index contributed by atoms with van der Waals surface area (Å²) in [6.45, 7) is 8.35. The largest absolute Gasteiger partial charge is 0.495 e. The average molecular weight is 343 g/mol. The lowest BCUT2D eigenvalue weighted by Crippen LogP contribution is -2.41. The Balaban J connectivity index is 2.23. The van der Waals surface area contributed by atoms with Gasteiger partial charge in [-0.1, -0.05) is 15.9 Å². The van der Waals surface area contributed by atoms with E-state index in [1.807, 2.05) is 45.9 Å². The van der Waals surface area contributed by atoms with E-state index in [0.717, 1.165) is 9.94 Å². The molecule has 0 radical (unpaired) electrons. The fourth-order valence-electron chi connectivity index (χ4n) is 1.91. The maximum Gasteiger partial charge on any atom is 0.495 e. The first-order valence-electron chi connectivity index (χ1n) is 6.53. The Labute approximate surface area is 129 Å². The average Bonchev–Trinajstić information content (AvgIpc) is 2.55. The summed E-state index contributed by atoms with van der Waals surface area (Å²) in [6, 6.07) is 5.77. The number of halogens is 1. The van der Waals surface area contributed by atoms with Gasteiger partial charge in [-0.05, 0) is 51.4 Å². The molecule has 1 heterocycles. The zero-order valence-electron chi connectivity index (χ0n) is 12.5. The third kappa shape index (κ3) is 3.19. The van der Waals surface area contributed by atoms with Crippen LogP contribution in [0.1, 0.15) is 27.7 Å². The molecule has 0 spiro atoms. The molecule has 0 aliphatic carbocycles. The quantitative estimate of drug-likeness (QED) is 0.622. The molecular weight excluding hydrogens is 323 g/mol. The van der Waals surface area contributed by atoms with E-state index >= 15 is 0 Å². The Hall–Kier alpha value is -0.555.